The zero-order valence-corrected chi connectivity index (χ0v) is 8.99. The zero-order valence-electron chi connectivity index (χ0n) is 8.24. The zero-order chi connectivity index (χ0) is 10.8. The highest BCUT2D eigenvalue weighted by Crippen LogP contribution is 2.35. The molecule has 0 fully saturated rings. The summed E-state index contributed by atoms with van der Waals surface area (Å²) in [4.78, 5) is 4.14. The van der Waals surface area contributed by atoms with Gasteiger partial charge in [-0.25, -0.2) is 4.99 Å². The van der Waals surface area contributed by atoms with E-state index in [1.807, 2.05) is 12.1 Å². The number of aliphatic imine (C=N–C) groups is 1. The Morgan fingerprint density at radius 2 is 2.40 bits per heavy atom. The van der Waals surface area contributed by atoms with Gasteiger partial charge >= 0.3 is 0 Å². The summed E-state index contributed by atoms with van der Waals surface area (Å²) < 4.78 is 10.3. The van der Waals surface area contributed by atoms with Gasteiger partial charge in [0.25, 0.3) is 6.02 Å². The van der Waals surface area contributed by atoms with Crippen LogP contribution in [0.2, 0.25) is 5.02 Å². The first-order valence-corrected chi connectivity index (χ1v) is 4.88. The summed E-state index contributed by atoms with van der Waals surface area (Å²) in [6, 6.07) is 5.48. The maximum absolute atomic E-state index is 6.09. The maximum Gasteiger partial charge on any atom is 0.282 e. The second kappa shape index (κ2) is 3.98. The molecule has 1 unspecified atom stereocenters. The third kappa shape index (κ3) is 1.85. The lowest BCUT2D eigenvalue weighted by atomic mass is 10.1. The molecule has 1 aromatic carbocycles. The van der Waals surface area contributed by atoms with Crippen LogP contribution >= 0.6 is 11.6 Å². The average molecular weight is 227 g/mol. The van der Waals surface area contributed by atoms with Gasteiger partial charge in [-0.1, -0.05) is 17.7 Å². The molecule has 0 saturated carbocycles. The molecule has 0 saturated heterocycles. The molecule has 1 heterocycles. The third-order valence-electron chi connectivity index (χ3n) is 2.24. The summed E-state index contributed by atoms with van der Waals surface area (Å²) in [5.74, 6) is 0.703. The molecule has 2 rings (SSSR count). The van der Waals surface area contributed by atoms with Gasteiger partial charge in [0.2, 0.25) is 0 Å². The summed E-state index contributed by atoms with van der Waals surface area (Å²) in [6.45, 7) is 0.409. The first kappa shape index (κ1) is 10.1. The van der Waals surface area contributed by atoms with Gasteiger partial charge < -0.3 is 15.2 Å². The topological polar surface area (TPSA) is 56.8 Å². The van der Waals surface area contributed by atoms with E-state index in [-0.39, 0.29) is 12.1 Å². The molecule has 0 radical (unpaired) electrons. The van der Waals surface area contributed by atoms with E-state index in [1.165, 1.54) is 0 Å². The average Bonchev–Trinajstić information content (AvgIpc) is 2.64. The van der Waals surface area contributed by atoms with Gasteiger partial charge in [0, 0.05) is 10.6 Å². The predicted octanol–water partition coefficient (Wildman–Crippen LogP) is 1.73. The summed E-state index contributed by atoms with van der Waals surface area (Å²) in [5.41, 5.74) is 6.27. The van der Waals surface area contributed by atoms with Crippen LogP contribution in [0.5, 0.6) is 5.75 Å². The molecular formula is C10H11ClN2O2. The Balaban J connectivity index is 2.42. The van der Waals surface area contributed by atoms with Crippen LogP contribution in [0, 0.1) is 0 Å². The van der Waals surface area contributed by atoms with E-state index in [4.69, 9.17) is 26.8 Å². The van der Waals surface area contributed by atoms with Crippen molar-refractivity contribution >= 4 is 17.6 Å². The lowest BCUT2D eigenvalue weighted by molar-refractivity contribution is 0.311. The van der Waals surface area contributed by atoms with Crippen molar-refractivity contribution < 1.29 is 9.47 Å². The molecule has 1 atom stereocenters. The summed E-state index contributed by atoms with van der Waals surface area (Å²) in [5, 5.41) is 0.612. The van der Waals surface area contributed by atoms with E-state index in [0.29, 0.717) is 17.4 Å². The smallest absolute Gasteiger partial charge is 0.282 e. The highest BCUT2D eigenvalue weighted by Gasteiger charge is 2.24. The van der Waals surface area contributed by atoms with Crippen LogP contribution in [0.15, 0.2) is 23.2 Å². The van der Waals surface area contributed by atoms with Crippen molar-refractivity contribution in [2.75, 3.05) is 13.7 Å². The molecule has 15 heavy (non-hydrogen) atoms. The first-order chi connectivity index (χ1) is 7.22. The highest BCUT2D eigenvalue weighted by molar-refractivity contribution is 6.31. The van der Waals surface area contributed by atoms with E-state index in [1.54, 1.807) is 13.2 Å². The lowest BCUT2D eigenvalue weighted by Crippen LogP contribution is -2.10. The fourth-order valence-electron chi connectivity index (χ4n) is 1.56. The van der Waals surface area contributed by atoms with Crippen LogP contribution in [0.3, 0.4) is 0 Å². The van der Waals surface area contributed by atoms with Crippen molar-refractivity contribution in [2.24, 2.45) is 10.7 Å². The summed E-state index contributed by atoms with van der Waals surface area (Å²) >= 11 is 6.09. The lowest BCUT2D eigenvalue weighted by Gasteiger charge is -2.12. The number of halogens is 1. The fourth-order valence-corrected chi connectivity index (χ4v) is 1.85. The molecule has 0 spiro atoms. The molecule has 5 heteroatoms. The molecule has 1 aromatic rings. The number of rotatable bonds is 2. The number of nitrogens with zero attached hydrogens (tertiary/aromatic N) is 1. The number of hydrogen-bond donors (Lipinski definition) is 1. The van der Waals surface area contributed by atoms with Gasteiger partial charge in [-0.05, 0) is 12.1 Å². The molecule has 2 N–H and O–H groups in total. The molecule has 1 aliphatic heterocycles. The summed E-state index contributed by atoms with van der Waals surface area (Å²) in [6.07, 6.45) is 0. The van der Waals surface area contributed by atoms with Crippen molar-refractivity contribution in [3.8, 4) is 5.75 Å². The Morgan fingerprint density at radius 1 is 1.60 bits per heavy atom. The van der Waals surface area contributed by atoms with E-state index in [0.717, 1.165) is 5.56 Å². The van der Waals surface area contributed by atoms with E-state index >= 15 is 0 Å². The standard InChI is InChI=1S/C10H11ClN2O2/c1-14-8-4-2-3-6(11)9(8)7-5-15-10(12)13-7/h2-4,7H,5H2,1H3,(H2,12,13). The molecule has 1 aliphatic rings. The van der Waals surface area contributed by atoms with Gasteiger partial charge in [-0.15, -0.1) is 0 Å². The monoisotopic (exact) mass is 226 g/mol. The van der Waals surface area contributed by atoms with Crippen LogP contribution in [-0.2, 0) is 4.74 Å². The van der Waals surface area contributed by atoms with Crippen LogP contribution in [-0.4, -0.2) is 19.7 Å². The highest BCUT2D eigenvalue weighted by atomic mass is 35.5. The summed E-state index contributed by atoms with van der Waals surface area (Å²) in [7, 11) is 1.60. The first-order valence-electron chi connectivity index (χ1n) is 4.51. The molecule has 80 valence electrons. The normalized spacial score (nSPS) is 19.6. The van der Waals surface area contributed by atoms with E-state index in [2.05, 4.69) is 4.99 Å². The Kier molecular flexibility index (Phi) is 2.68. The van der Waals surface area contributed by atoms with Crippen LogP contribution in [0.25, 0.3) is 0 Å². The number of nitrogens with two attached hydrogens (primary N) is 1. The van der Waals surface area contributed by atoms with E-state index in [9.17, 15) is 0 Å². The third-order valence-corrected chi connectivity index (χ3v) is 2.57. The van der Waals surface area contributed by atoms with Crippen LogP contribution in [0.1, 0.15) is 11.6 Å². The van der Waals surface area contributed by atoms with Crippen molar-refractivity contribution in [1.82, 2.24) is 0 Å². The minimum absolute atomic E-state index is 0.173. The van der Waals surface area contributed by atoms with Crippen LogP contribution < -0.4 is 10.5 Å². The molecule has 0 bridgehead atoms. The number of amidine groups is 1. The fraction of sp³-hybridized carbons (Fsp3) is 0.300. The van der Waals surface area contributed by atoms with Crippen molar-refractivity contribution in [3.63, 3.8) is 0 Å². The van der Waals surface area contributed by atoms with Gasteiger partial charge in [-0.2, -0.15) is 0 Å². The predicted molar refractivity (Wildman–Crippen MR) is 58.3 cm³/mol. The Labute approximate surface area is 92.7 Å². The molecular weight excluding hydrogens is 216 g/mol. The van der Waals surface area contributed by atoms with Gasteiger partial charge in [0.15, 0.2) is 0 Å². The Morgan fingerprint density at radius 3 is 3.00 bits per heavy atom. The molecule has 4 nitrogen and oxygen atoms in total. The number of hydrogen-bond acceptors (Lipinski definition) is 4. The van der Waals surface area contributed by atoms with Crippen molar-refractivity contribution in [1.29, 1.82) is 0 Å². The number of methoxy groups -OCH3 is 1. The Bertz CT molecular complexity index is 406. The van der Waals surface area contributed by atoms with Gasteiger partial charge in [-0.3, -0.25) is 0 Å². The van der Waals surface area contributed by atoms with Crippen molar-refractivity contribution in [2.45, 2.75) is 6.04 Å². The minimum atomic E-state index is -0.173. The largest absolute Gasteiger partial charge is 0.496 e. The second-order valence-corrected chi connectivity index (χ2v) is 3.56. The molecule has 0 aliphatic carbocycles. The van der Waals surface area contributed by atoms with E-state index < -0.39 is 0 Å². The number of ether oxygens (including phenoxy) is 2. The molecule has 0 amide bonds. The SMILES string of the molecule is COc1cccc(Cl)c1C1COC(N)=N1. The molecule has 0 aromatic heterocycles. The van der Waals surface area contributed by atoms with Crippen molar-refractivity contribution in [3.05, 3.63) is 28.8 Å². The van der Waals surface area contributed by atoms with Crippen LogP contribution in [0.4, 0.5) is 0 Å². The quantitative estimate of drug-likeness (QED) is 0.836. The number of benzene rings is 1. The van der Waals surface area contributed by atoms with Gasteiger partial charge in [0.1, 0.15) is 18.4 Å². The Hall–Kier alpha value is -1.42. The second-order valence-electron chi connectivity index (χ2n) is 3.15. The minimum Gasteiger partial charge on any atom is -0.496 e. The maximum atomic E-state index is 6.09. The van der Waals surface area contributed by atoms with Gasteiger partial charge in [0.05, 0.1) is 7.11 Å².